The number of carbonyl (C=O) groups excluding carboxylic acids is 2. The molecule has 0 fully saturated rings. The Hall–Kier alpha value is -4.13. The van der Waals surface area contributed by atoms with Crippen LogP contribution in [0.3, 0.4) is 0 Å². The maximum Gasteiger partial charge on any atom is 0.271 e. The van der Waals surface area contributed by atoms with Crippen molar-refractivity contribution in [3.8, 4) is 22.6 Å². The molecule has 7 nitrogen and oxygen atoms in total. The van der Waals surface area contributed by atoms with E-state index in [9.17, 15) is 9.59 Å². The Morgan fingerprint density at radius 3 is 2.16 bits per heavy atom. The molecule has 164 valence electrons. The van der Waals surface area contributed by atoms with E-state index in [0.29, 0.717) is 28.5 Å². The molecule has 0 aliphatic carbocycles. The molecule has 3 aromatic carbocycles. The molecule has 0 saturated heterocycles. The standard InChI is InChI=1S/C25H25N3O4/c1-17(27-28-25(30)19-14-20(31-2)16-21(15-19)32-3)13-24(29)26-23-12-8-7-11-22(23)18-9-5-4-6-10-18/h4-12,14-16H,13H2,1-3H3,(H,26,29)(H,28,30)/b27-17-. The SMILES string of the molecule is COc1cc(OC)cc(C(=O)N/N=C(/C)CC(=O)Nc2ccccc2-c2ccccc2)c1. The Morgan fingerprint density at radius 2 is 1.50 bits per heavy atom. The van der Waals surface area contributed by atoms with E-state index in [2.05, 4.69) is 15.8 Å². The summed E-state index contributed by atoms with van der Waals surface area (Å²) in [6.45, 7) is 1.68. The molecule has 2 amide bonds. The number of benzene rings is 3. The van der Waals surface area contributed by atoms with Gasteiger partial charge in [0.1, 0.15) is 11.5 Å². The highest BCUT2D eigenvalue weighted by Crippen LogP contribution is 2.27. The number of rotatable bonds is 8. The van der Waals surface area contributed by atoms with Crippen molar-refractivity contribution < 1.29 is 19.1 Å². The Labute approximate surface area is 187 Å². The van der Waals surface area contributed by atoms with Gasteiger partial charge in [0.25, 0.3) is 5.91 Å². The van der Waals surface area contributed by atoms with Gasteiger partial charge in [-0.1, -0.05) is 48.5 Å². The van der Waals surface area contributed by atoms with Crippen LogP contribution in [0.25, 0.3) is 11.1 Å². The van der Waals surface area contributed by atoms with Crippen LogP contribution in [-0.2, 0) is 4.79 Å². The van der Waals surface area contributed by atoms with Gasteiger partial charge in [0.2, 0.25) is 5.91 Å². The van der Waals surface area contributed by atoms with Crippen LogP contribution in [0.4, 0.5) is 5.69 Å². The Bertz CT molecular complexity index is 1100. The summed E-state index contributed by atoms with van der Waals surface area (Å²) < 4.78 is 10.4. The number of hydrazone groups is 1. The highest BCUT2D eigenvalue weighted by molar-refractivity contribution is 6.07. The smallest absolute Gasteiger partial charge is 0.271 e. The topological polar surface area (TPSA) is 89.0 Å². The first kappa shape index (κ1) is 22.6. The molecule has 0 atom stereocenters. The van der Waals surface area contributed by atoms with Crippen molar-refractivity contribution in [3.63, 3.8) is 0 Å². The fourth-order valence-electron chi connectivity index (χ4n) is 3.08. The Morgan fingerprint density at radius 1 is 0.875 bits per heavy atom. The maximum atomic E-state index is 12.6. The van der Waals surface area contributed by atoms with Crippen LogP contribution in [0.5, 0.6) is 11.5 Å². The molecule has 32 heavy (non-hydrogen) atoms. The zero-order valence-corrected chi connectivity index (χ0v) is 18.2. The van der Waals surface area contributed by atoms with E-state index >= 15 is 0 Å². The van der Waals surface area contributed by atoms with Crippen LogP contribution in [0, 0.1) is 0 Å². The van der Waals surface area contributed by atoms with E-state index < -0.39 is 5.91 Å². The summed E-state index contributed by atoms with van der Waals surface area (Å²) in [5.74, 6) is 0.321. The lowest BCUT2D eigenvalue weighted by atomic mass is 10.0. The highest BCUT2D eigenvalue weighted by Gasteiger charge is 2.12. The van der Waals surface area contributed by atoms with E-state index in [0.717, 1.165) is 11.1 Å². The summed E-state index contributed by atoms with van der Waals surface area (Å²) in [4.78, 5) is 25.0. The monoisotopic (exact) mass is 431 g/mol. The van der Waals surface area contributed by atoms with E-state index in [-0.39, 0.29) is 12.3 Å². The van der Waals surface area contributed by atoms with Crippen molar-refractivity contribution >= 4 is 23.2 Å². The molecular formula is C25H25N3O4. The first-order chi connectivity index (χ1) is 15.5. The van der Waals surface area contributed by atoms with Gasteiger partial charge in [-0.3, -0.25) is 9.59 Å². The Kier molecular flexibility index (Phi) is 7.59. The molecule has 0 unspecified atom stereocenters. The van der Waals surface area contributed by atoms with Gasteiger partial charge in [-0.15, -0.1) is 0 Å². The predicted molar refractivity (Wildman–Crippen MR) is 125 cm³/mol. The molecule has 7 heteroatoms. The predicted octanol–water partition coefficient (Wildman–Crippen LogP) is 4.51. The van der Waals surface area contributed by atoms with Gasteiger partial charge in [0.15, 0.2) is 0 Å². The van der Waals surface area contributed by atoms with Gasteiger partial charge in [-0.25, -0.2) is 5.43 Å². The quantitative estimate of drug-likeness (QED) is 0.406. The number of hydrogen-bond donors (Lipinski definition) is 2. The number of amides is 2. The summed E-state index contributed by atoms with van der Waals surface area (Å²) in [6, 6.07) is 22.2. The second-order valence-electron chi connectivity index (χ2n) is 7.03. The summed E-state index contributed by atoms with van der Waals surface area (Å²) in [6.07, 6.45) is 0.0326. The fraction of sp³-hybridized carbons (Fsp3) is 0.160. The zero-order chi connectivity index (χ0) is 22.9. The number of nitrogens with zero attached hydrogens (tertiary/aromatic N) is 1. The third kappa shape index (κ3) is 5.95. The van der Waals surface area contributed by atoms with Crippen molar-refractivity contribution in [1.29, 1.82) is 0 Å². The number of hydrogen-bond acceptors (Lipinski definition) is 5. The molecule has 0 spiro atoms. The lowest BCUT2D eigenvalue weighted by Gasteiger charge is -2.11. The number of para-hydroxylation sites is 1. The summed E-state index contributed by atoms with van der Waals surface area (Å²) in [5, 5.41) is 6.97. The summed E-state index contributed by atoms with van der Waals surface area (Å²) >= 11 is 0. The minimum Gasteiger partial charge on any atom is -0.497 e. The van der Waals surface area contributed by atoms with Crippen LogP contribution in [0.2, 0.25) is 0 Å². The normalized spacial score (nSPS) is 10.9. The minimum absolute atomic E-state index is 0.0326. The lowest BCUT2D eigenvalue weighted by Crippen LogP contribution is -2.21. The molecule has 0 bridgehead atoms. The van der Waals surface area contributed by atoms with Crippen molar-refractivity contribution in [3.05, 3.63) is 78.4 Å². The van der Waals surface area contributed by atoms with Crippen LogP contribution in [-0.4, -0.2) is 31.7 Å². The number of methoxy groups -OCH3 is 2. The molecule has 0 aliphatic rings. The summed E-state index contributed by atoms with van der Waals surface area (Å²) in [7, 11) is 3.01. The molecule has 0 aromatic heterocycles. The third-order valence-corrected chi connectivity index (χ3v) is 4.66. The number of anilines is 1. The number of ether oxygens (including phenoxy) is 2. The van der Waals surface area contributed by atoms with Crippen molar-refractivity contribution in [2.45, 2.75) is 13.3 Å². The van der Waals surface area contributed by atoms with E-state index in [4.69, 9.17) is 9.47 Å². The maximum absolute atomic E-state index is 12.6. The average molecular weight is 431 g/mol. The molecule has 0 heterocycles. The molecule has 0 saturated carbocycles. The molecule has 3 aromatic rings. The lowest BCUT2D eigenvalue weighted by molar-refractivity contribution is -0.115. The second kappa shape index (κ2) is 10.8. The van der Waals surface area contributed by atoms with Crippen molar-refractivity contribution in [2.24, 2.45) is 5.10 Å². The molecule has 2 N–H and O–H groups in total. The molecule has 3 rings (SSSR count). The minimum atomic E-state index is -0.434. The van der Waals surface area contributed by atoms with Gasteiger partial charge in [0.05, 0.1) is 20.6 Å². The third-order valence-electron chi connectivity index (χ3n) is 4.66. The number of carbonyl (C=O) groups is 2. The summed E-state index contributed by atoms with van der Waals surface area (Å²) in [5.41, 5.74) is 5.91. The molecule has 0 aliphatic heterocycles. The Balaban J connectivity index is 1.64. The largest absolute Gasteiger partial charge is 0.497 e. The first-order valence-electron chi connectivity index (χ1n) is 10.0. The average Bonchev–Trinajstić information content (AvgIpc) is 2.82. The van der Waals surface area contributed by atoms with E-state index in [1.54, 1.807) is 25.1 Å². The second-order valence-corrected chi connectivity index (χ2v) is 7.03. The van der Waals surface area contributed by atoms with Gasteiger partial charge >= 0.3 is 0 Å². The molecular weight excluding hydrogens is 406 g/mol. The fourth-order valence-corrected chi connectivity index (χ4v) is 3.08. The van der Waals surface area contributed by atoms with Gasteiger partial charge < -0.3 is 14.8 Å². The van der Waals surface area contributed by atoms with Crippen LogP contribution < -0.4 is 20.2 Å². The van der Waals surface area contributed by atoms with Crippen LogP contribution >= 0.6 is 0 Å². The van der Waals surface area contributed by atoms with Gasteiger partial charge in [0, 0.05) is 28.6 Å². The van der Waals surface area contributed by atoms with Crippen molar-refractivity contribution in [1.82, 2.24) is 5.43 Å². The van der Waals surface area contributed by atoms with Crippen molar-refractivity contribution in [2.75, 3.05) is 19.5 Å². The highest BCUT2D eigenvalue weighted by atomic mass is 16.5. The molecule has 0 radical (unpaired) electrons. The van der Waals surface area contributed by atoms with Crippen LogP contribution in [0.15, 0.2) is 77.9 Å². The zero-order valence-electron chi connectivity index (χ0n) is 18.2. The van der Waals surface area contributed by atoms with Gasteiger partial charge in [-0.2, -0.15) is 5.10 Å². The van der Waals surface area contributed by atoms with E-state index in [1.807, 2.05) is 54.6 Å². The van der Waals surface area contributed by atoms with E-state index in [1.165, 1.54) is 14.2 Å². The number of nitrogens with one attached hydrogen (secondary N) is 2. The first-order valence-corrected chi connectivity index (χ1v) is 10.0. The van der Waals surface area contributed by atoms with Crippen LogP contribution in [0.1, 0.15) is 23.7 Å². The van der Waals surface area contributed by atoms with Gasteiger partial charge in [-0.05, 0) is 30.7 Å².